The van der Waals surface area contributed by atoms with Gasteiger partial charge in [0.1, 0.15) is 13.2 Å². The van der Waals surface area contributed by atoms with E-state index >= 15 is 0 Å². The monoisotopic (exact) mass is 579 g/mol. The molecule has 2 unspecified atom stereocenters. The van der Waals surface area contributed by atoms with Gasteiger partial charge in [0.25, 0.3) is 0 Å². The summed E-state index contributed by atoms with van der Waals surface area (Å²) in [5.74, 6) is 0.979. The van der Waals surface area contributed by atoms with Crippen LogP contribution in [0.1, 0.15) is 55.5 Å². The number of ether oxygens (including phenoxy) is 2. The SMILES string of the molecule is CCC(NC(C)(C)Cc1ccccc1)C(O)c1ccc(OCc2ccccc2)c(OCc2ccccc2)c1Cl.Cl. The Labute approximate surface area is 249 Å². The molecule has 0 aliphatic heterocycles. The molecular weight excluding hydrogens is 541 g/mol. The van der Waals surface area contributed by atoms with Crippen molar-refractivity contribution in [1.29, 1.82) is 0 Å². The number of rotatable bonds is 13. The standard InChI is InChI=1S/C34H38ClNO3.ClH/c1-4-29(36-34(2,3)22-25-14-8-5-9-15-25)32(37)28-20-21-30(38-23-26-16-10-6-11-17-26)33(31(28)35)39-24-27-18-12-7-13-19-27;/h5-21,29,32,36-37H,4,22-24H2,1-3H3;1H. The van der Waals surface area contributed by atoms with Crippen LogP contribution in [0, 0.1) is 0 Å². The second-order valence-corrected chi connectivity index (χ2v) is 10.9. The molecule has 4 aromatic rings. The Morgan fingerprint density at radius 3 is 1.77 bits per heavy atom. The van der Waals surface area contributed by atoms with Crippen molar-refractivity contribution in [1.82, 2.24) is 5.32 Å². The molecule has 0 heterocycles. The molecule has 0 saturated heterocycles. The lowest BCUT2D eigenvalue weighted by Gasteiger charge is -2.35. The van der Waals surface area contributed by atoms with Gasteiger partial charge in [0, 0.05) is 17.1 Å². The van der Waals surface area contributed by atoms with E-state index in [9.17, 15) is 5.11 Å². The predicted molar refractivity (Wildman–Crippen MR) is 167 cm³/mol. The Bertz CT molecular complexity index is 1300. The van der Waals surface area contributed by atoms with E-state index in [2.05, 4.69) is 50.4 Å². The lowest BCUT2D eigenvalue weighted by molar-refractivity contribution is 0.107. The minimum atomic E-state index is -0.834. The highest BCUT2D eigenvalue weighted by Crippen LogP contribution is 2.42. The Kier molecular flexibility index (Phi) is 11.9. The zero-order valence-corrected chi connectivity index (χ0v) is 24.9. The maximum atomic E-state index is 11.6. The van der Waals surface area contributed by atoms with Crippen molar-refractivity contribution in [2.24, 2.45) is 0 Å². The van der Waals surface area contributed by atoms with Crippen LogP contribution in [-0.2, 0) is 19.6 Å². The first-order chi connectivity index (χ1) is 18.9. The van der Waals surface area contributed by atoms with Gasteiger partial charge in [0.15, 0.2) is 11.5 Å². The second kappa shape index (κ2) is 15.1. The van der Waals surface area contributed by atoms with E-state index in [1.807, 2.05) is 78.9 Å². The van der Waals surface area contributed by atoms with Gasteiger partial charge in [0.05, 0.1) is 11.1 Å². The van der Waals surface area contributed by atoms with Crippen LogP contribution >= 0.6 is 24.0 Å². The molecule has 40 heavy (non-hydrogen) atoms. The summed E-state index contributed by atoms with van der Waals surface area (Å²) < 4.78 is 12.4. The van der Waals surface area contributed by atoms with E-state index in [1.54, 1.807) is 0 Å². The van der Waals surface area contributed by atoms with Crippen molar-refractivity contribution in [3.05, 3.63) is 130 Å². The topological polar surface area (TPSA) is 50.7 Å². The first kappa shape index (κ1) is 31.5. The van der Waals surface area contributed by atoms with E-state index in [0.717, 1.165) is 24.0 Å². The first-order valence-electron chi connectivity index (χ1n) is 13.5. The van der Waals surface area contributed by atoms with Gasteiger partial charge in [-0.15, -0.1) is 12.4 Å². The summed E-state index contributed by atoms with van der Waals surface area (Å²) in [5.41, 5.74) is 3.68. The van der Waals surface area contributed by atoms with Crippen LogP contribution in [0.2, 0.25) is 5.02 Å². The van der Waals surface area contributed by atoms with Crippen molar-refractivity contribution in [3.8, 4) is 11.5 Å². The summed E-state index contributed by atoms with van der Waals surface area (Å²) in [6, 6.07) is 33.7. The van der Waals surface area contributed by atoms with Gasteiger partial charge < -0.3 is 19.9 Å². The molecule has 0 aliphatic rings. The maximum Gasteiger partial charge on any atom is 0.180 e. The highest BCUT2D eigenvalue weighted by atomic mass is 35.5. The third-order valence-electron chi connectivity index (χ3n) is 6.76. The van der Waals surface area contributed by atoms with Gasteiger partial charge in [-0.3, -0.25) is 0 Å². The summed E-state index contributed by atoms with van der Waals surface area (Å²) in [5, 5.41) is 15.6. The summed E-state index contributed by atoms with van der Waals surface area (Å²) in [6.45, 7) is 7.10. The quantitative estimate of drug-likeness (QED) is 0.167. The average molecular weight is 581 g/mol. The Morgan fingerprint density at radius 2 is 1.25 bits per heavy atom. The molecule has 4 rings (SSSR count). The van der Waals surface area contributed by atoms with E-state index in [0.29, 0.717) is 35.3 Å². The van der Waals surface area contributed by atoms with Crippen LogP contribution in [-0.4, -0.2) is 16.7 Å². The normalized spacial score (nSPS) is 12.7. The minimum absolute atomic E-state index is 0. The van der Waals surface area contributed by atoms with Crippen LogP contribution in [0.5, 0.6) is 11.5 Å². The van der Waals surface area contributed by atoms with Gasteiger partial charge in [-0.1, -0.05) is 116 Å². The van der Waals surface area contributed by atoms with Gasteiger partial charge in [-0.05, 0) is 49.4 Å². The third kappa shape index (κ3) is 8.74. The number of nitrogens with one attached hydrogen (secondary N) is 1. The molecule has 0 bridgehead atoms. The van der Waals surface area contributed by atoms with Crippen molar-refractivity contribution >= 4 is 24.0 Å². The highest BCUT2D eigenvalue weighted by Gasteiger charge is 2.30. The van der Waals surface area contributed by atoms with E-state index in [4.69, 9.17) is 21.1 Å². The van der Waals surface area contributed by atoms with Crippen LogP contribution in [0.25, 0.3) is 0 Å². The van der Waals surface area contributed by atoms with Crippen LogP contribution in [0.4, 0.5) is 0 Å². The molecule has 6 heteroatoms. The van der Waals surface area contributed by atoms with Crippen LogP contribution in [0.3, 0.4) is 0 Å². The van der Waals surface area contributed by atoms with E-state index in [-0.39, 0.29) is 24.0 Å². The zero-order chi connectivity index (χ0) is 27.7. The lowest BCUT2D eigenvalue weighted by atomic mass is 9.91. The molecular formula is C34H39Cl2NO3. The van der Waals surface area contributed by atoms with Gasteiger partial charge in [-0.25, -0.2) is 0 Å². The Balaban J connectivity index is 0.00000441. The van der Waals surface area contributed by atoms with Crippen molar-refractivity contribution in [2.75, 3.05) is 0 Å². The largest absolute Gasteiger partial charge is 0.485 e. The molecule has 0 saturated carbocycles. The fraction of sp³-hybridized carbons (Fsp3) is 0.294. The average Bonchev–Trinajstić information content (AvgIpc) is 2.95. The van der Waals surface area contributed by atoms with Gasteiger partial charge >= 0.3 is 0 Å². The molecule has 212 valence electrons. The summed E-state index contributed by atoms with van der Waals surface area (Å²) in [6.07, 6.45) is 0.727. The fourth-order valence-corrected chi connectivity index (χ4v) is 5.10. The second-order valence-electron chi connectivity index (χ2n) is 10.5. The number of aliphatic hydroxyl groups excluding tert-OH is 1. The van der Waals surface area contributed by atoms with E-state index < -0.39 is 6.10 Å². The van der Waals surface area contributed by atoms with Crippen LogP contribution < -0.4 is 14.8 Å². The summed E-state index contributed by atoms with van der Waals surface area (Å²) >= 11 is 6.97. The van der Waals surface area contributed by atoms with Crippen molar-refractivity contribution in [3.63, 3.8) is 0 Å². The minimum Gasteiger partial charge on any atom is -0.485 e. The maximum absolute atomic E-state index is 11.6. The first-order valence-corrected chi connectivity index (χ1v) is 13.9. The molecule has 4 aromatic carbocycles. The smallest absolute Gasteiger partial charge is 0.180 e. The molecule has 2 atom stereocenters. The number of aliphatic hydroxyl groups is 1. The lowest BCUT2D eigenvalue weighted by Crippen LogP contribution is -2.49. The molecule has 2 N–H and O–H groups in total. The van der Waals surface area contributed by atoms with Gasteiger partial charge in [0.2, 0.25) is 0 Å². The van der Waals surface area contributed by atoms with Crippen molar-refractivity contribution < 1.29 is 14.6 Å². The summed E-state index contributed by atoms with van der Waals surface area (Å²) in [4.78, 5) is 0. The zero-order valence-electron chi connectivity index (χ0n) is 23.3. The van der Waals surface area contributed by atoms with E-state index in [1.165, 1.54) is 5.56 Å². The predicted octanol–water partition coefficient (Wildman–Crippen LogP) is 8.34. The molecule has 0 spiro atoms. The molecule has 0 aliphatic carbocycles. The highest BCUT2D eigenvalue weighted by molar-refractivity contribution is 6.33. The molecule has 0 aromatic heterocycles. The third-order valence-corrected chi connectivity index (χ3v) is 7.15. The van der Waals surface area contributed by atoms with Gasteiger partial charge in [-0.2, -0.15) is 0 Å². The number of benzene rings is 4. The molecule has 4 nitrogen and oxygen atoms in total. The molecule has 0 radical (unpaired) electrons. The Morgan fingerprint density at radius 1 is 0.750 bits per heavy atom. The number of halogens is 2. The molecule has 0 fully saturated rings. The van der Waals surface area contributed by atoms with Crippen LogP contribution in [0.15, 0.2) is 103 Å². The fourth-order valence-electron chi connectivity index (χ4n) is 4.78. The number of hydrogen-bond donors (Lipinski definition) is 2. The number of hydrogen-bond acceptors (Lipinski definition) is 4. The summed E-state index contributed by atoms with van der Waals surface area (Å²) in [7, 11) is 0. The molecule has 0 amide bonds. The Hall–Kier alpha value is -3.02. The van der Waals surface area contributed by atoms with Crippen molar-refractivity contribution in [2.45, 2.75) is 64.5 Å².